The molecule has 23 heavy (non-hydrogen) atoms. The Morgan fingerprint density at radius 3 is 1.74 bits per heavy atom. The zero-order chi connectivity index (χ0) is 15.9. The lowest BCUT2D eigenvalue weighted by atomic mass is 10.0. The Balaban J connectivity index is 1.93. The highest BCUT2D eigenvalue weighted by molar-refractivity contribution is 6.12. The molecule has 0 saturated heterocycles. The van der Waals surface area contributed by atoms with E-state index in [-0.39, 0.29) is 0 Å². The zero-order valence-corrected chi connectivity index (χ0v) is 13.1. The second-order valence-electron chi connectivity index (χ2n) is 5.34. The molecule has 0 aliphatic carbocycles. The van der Waals surface area contributed by atoms with Crippen molar-refractivity contribution in [2.24, 2.45) is 10.2 Å². The van der Waals surface area contributed by atoms with E-state index >= 15 is 0 Å². The van der Waals surface area contributed by atoms with Gasteiger partial charge >= 0.3 is 0 Å². The maximum Gasteiger partial charge on any atom is 0.100 e. The van der Waals surface area contributed by atoms with Crippen molar-refractivity contribution in [3.63, 3.8) is 0 Å². The van der Waals surface area contributed by atoms with E-state index in [1.807, 2.05) is 72.8 Å². The molecule has 0 N–H and O–H groups in total. The first kappa shape index (κ1) is 14.9. The average Bonchev–Trinajstić information content (AvgIpc) is 2.62. The lowest BCUT2D eigenvalue weighted by Crippen LogP contribution is -2.02. The molecule has 0 spiro atoms. The van der Waals surface area contributed by atoms with Crippen molar-refractivity contribution in [2.75, 3.05) is 0 Å². The number of hydrogen-bond donors (Lipinski definition) is 0. The molecule has 3 rings (SSSR count). The predicted octanol–water partition coefficient (Wildman–Crippen LogP) is 4.87. The minimum absolute atomic E-state index is 0.870. The summed E-state index contributed by atoms with van der Waals surface area (Å²) < 4.78 is 0. The molecular formula is C21H18N2. The van der Waals surface area contributed by atoms with Gasteiger partial charge in [0.25, 0.3) is 0 Å². The van der Waals surface area contributed by atoms with Gasteiger partial charge in [0.05, 0.1) is 6.21 Å². The van der Waals surface area contributed by atoms with Crippen LogP contribution in [0.2, 0.25) is 0 Å². The molecule has 0 unspecified atom stereocenters. The number of nitrogens with zero attached hydrogens (tertiary/aromatic N) is 2. The molecule has 2 heteroatoms. The van der Waals surface area contributed by atoms with Crippen molar-refractivity contribution in [3.8, 4) is 0 Å². The molecule has 0 aliphatic heterocycles. The topological polar surface area (TPSA) is 24.7 Å². The Hall–Kier alpha value is -3.00. The summed E-state index contributed by atoms with van der Waals surface area (Å²) in [6.07, 6.45) is 1.78. The average molecular weight is 298 g/mol. The van der Waals surface area contributed by atoms with E-state index in [4.69, 9.17) is 0 Å². The van der Waals surface area contributed by atoms with Crippen molar-refractivity contribution in [2.45, 2.75) is 6.92 Å². The van der Waals surface area contributed by atoms with E-state index in [0.717, 1.165) is 22.4 Å². The summed E-state index contributed by atoms with van der Waals surface area (Å²) in [6.45, 7) is 2.07. The molecule has 3 aromatic carbocycles. The van der Waals surface area contributed by atoms with Gasteiger partial charge in [0.2, 0.25) is 0 Å². The van der Waals surface area contributed by atoms with Gasteiger partial charge in [-0.2, -0.15) is 5.10 Å². The highest BCUT2D eigenvalue weighted by atomic mass is 15.2. The van der Waals surface area contributed by atoms with Gasteiger partial charge in [-0.3, -0.25) is 0 Å². The molecule has 3 aromatic rings. The Labute approximate surface area is 136 Å². The Morgan fingerprint density at radius 2 is 1.22 bits per heavy atom. The number of aryl methyl sites for hydroxylation is 1. The molecule has 0 fully saturated rings. The minimum Gasteiger partial charge on any atom is -0.158 e. The van der Waals surface area contributed by atoms with Crippen LogP contribution in [0.5, 0.6) is 0 Å². The lowest BCUT2D eigenvalue weighted by Gasteiger charge is -2.05. The summed E-state index contributed by atoms with van der Waals surface area (Å²) in [6, 6.07) is 28.5. The number of benzene rings is 3. The van der Waals surface area contributed by atoms with Crippen molar-refractivity contribution < 1.29 is 0 Å². The largest absolute Gasteiger partial charge is 0.158 e. The maximum atomic E-state index is 4.47. The Kier molecular flexibility index (Phi) is 4.75. The normalized spacial score (nSPS) is 10.7. The van der Waals surface area contributed by atoms with Gasteiger partial charge in [-0.25, -0.2) is 0 Å². The van der Waals surface area contributed by atoms with Gasteiger partial charge in [-0.15, -0.1) is 5.10 Å². The molecule has 0 bridgehead atoms. The fourth-order valence-corrected chi connectivity index (χ4v) is 2.28. The van der Waals surface area contributed by atoms with Crippen molar-refractivity contribution in [1.82, 2.24) is 0 Å². The zero-order valence-electron chi connectivity index (χ0n) is 13.1. The Morgan fingerprint density at radius 1 is 0.696 bits per heavy atom. The van der Waals surface area contributed by atoms with Crippen LogP contribution in [0.4, 0.5) is 0 Å². The second kappa shape index (κ2) is 7.32. The smallest absolute Gasteiger partial charge is 0.100 e. The fraction of sp³-hybridized carbons (Fsp3) is 0.0476. The lowest BCUT2D eigenvalue weighted by molar-refractivity contribution is 1.24. The monoisotopic (exact) mass is 298 g/mol. The minimum atomic E-state index is 0.870. The van der Waals surface area contributed by atoms with Gasteiger partial charge in [-0.1, -0.05) is 90.5 Å². The molecule has 0 atom stereocenters. The SMILES string of the molecule is Cc1ccc(/C=N/N=C(c2ccccc2)c2ccccc2)cc1. The first-order valence-electron chi connectivity index (χ1n) is 7.61. The molecule has 0 heterocycles. The van der Waals surface area contributed by atoms with E-state index in [1.54, 1.807) is 6.21 Å². The standard InChI is InChI=1S/C21H18N2/c1-17-12-14-18(15-13-17)16-22-23-21(19-8-4-2-5-9-19)20-10-6-3-7-11-20/h2-16H,1H3/b22-16+. The van der Waals surface area contributed by atoms with E-state index in [9.17, 15) is 0 Å². The molecule has 0 aromatic heterocycles. The van der Waals surface area contributed by atoms with Crippen LogP contribution < -0.4 is 0 Å². The van der Waals surface area contributed by atoms with E-state index in [1.165, 1.54) is 5.56 Å². The Bertz CT molecular complexity index is 760. The van der Waals surface area contributed by atoms with E-state index in [2.05, 4.69) is 29.3 Å². The summed E-state index contributed by atoms with van der Waals surface area (Å²) in [5.41, 5.74) is 5.26. The second-order valence-corrected chi connectivity index (χ2v) is 5.34. The van der Waals surface area contributed by atoms with Gasteiger partial charge in [-0.05, 0) is 12.5 Å². The molecule has 112 valence electrons. The number of rotatable bonds is 4. The van der Waals surface area contributed by atoms with E-state index in [0.29, 0.717) is 0 Å². The third-order valence-electron chi connectivity index (χ3n) is 3.54. The van der Waals surface area contributed by atoms with Crippen molar-refractivity contribution >= 4 is 11.9 Å². The van der Waals surface area contributed by atoms with Gasteiger partial charge in [0.1, 0.15) is 5.71 Å². The highest BCUT2D eigenvalue weighted by Crippen LogP contribution is 2.11. The highest BCUT2D eigenvalue weighted by Gasteiger charge is 2.05. The molecule has 0 amide bonds. The quantitative estimate of drug-likeness (QED) is 0.485. The van der Waals surface area contributed by atoms with Crippen LogP contribution in [0, 0.1) is 6.92 Å². The summed E-state index contributed by atoms with van der Waals surface area (Å²) in [5, 5.41) is 8.76. The van der Waals surface area contributed by atoms with Gasteiger partial charge in [0.15, 0.2) is 0 Å². The van der Waals surface area contributed by atoms with Crippen LogP contribution in [0.25, 0.3) is 0 Å². The number of hydrogen-bond acceptors (Lipinski definition) is 2. The predicted molar refractivity (Wildman–Crippen MR) is 97.3 cm³/mol. The van der Waals surface area contributed by atoms with Crippen LogP contribution in [0.15, 0.2) is 95.1 Å². The molecule has 0 radical (unpaired) electrons. The van der Waals surface area contributed by atoms with Crippen molar-refractivity contribution in [1.29, 1.82) is 0 Å². The van der Waals surface area contributed by atoms with Gasteiger partial charge < -0.3 is 0 Å². The summed E-state index contributed by atoms with van der Waals surface area (Å²) in [4.78, 5) is 0. The molecule has 0 saturated carbocycles. The first-order valence-corrected chi connectivity index (χ1v) is 7.61. The van der Waals surface area contributed by atoms with Gasteiger partial charge in [0, 0.05) is 11.1 Å². The van der Waals surface area contributed by atoms with Crippen LogP contribution in [0.1, 0.15) is 22.3 Å². The van der Waals surface area contributed by atoms with Crippen molar-refractivity contribution in [3.05, 3.63) is 107 Å². The molecule has 0 aliphatic rings. The van der Waals surface area contributed by atoms with Crippen LogP contribution in [0.3, 0.4) is 0 Å². The summed E-state index contributed by atoms with van der Waals surface area (Å²) in [5.74, 6) is 0. The molecule has 2 nitrogen and oxygen atoms in total. The van der Waals surface area contributed by atoms with Crippen LogP contribution >= 0.6 is 0 Å². The molecular weight excluding hydrogens is 280 g/mol. The first-order chi connectivity index (χ1) is 11.3. The third kappa shape index (κ3) is 4.01. The van der Waals surface area contributed by atoms with E-state index < -0.39 is 0 Å². The van der Waals surface area contributed by atoms with Crippen LogP contribution in [-0.4, -0.2) is 11.9 Å². The summed E-state index contributed by atoms with van der Waals surface area (Å²) >= 11 is 0. The third-order valence-corrected chi connectivity index (χ3v) is 3.54. The fourth-order valence-electron chi connectivity index (χ4n) is 2.28. The summed E-state index contributed by atoms with van der Waals surface area (Å²) in [7, 11) is 0. The van der Waals surface area contributed by atoms with Crippen LogP contribution in [-0.2, 0) is 0 Å². The maximum absolute atomic E-state index is 4.47.